The highest BCUT2D eigenvalue weighted by molar-refractivity contribution is 5.28. The summed E-state index contributed by atoms with van der Waals surface area (Å²) in [7, 11) is 5.87. The first-order valence-corrected chi connectivity index (χ1v) is 4.83. The molecule has 14 heavy (non-hydrogen) atoms. The van der Waals surface area contributed by atoms with Crippen molar-refractivity contribution in [1.82, 2.24) is 20.1 Å². The van der Waals surface area contributed by atoms with Crippen LogP contribution >= 0.6 is 0 Å². The normalized spacial score (nSPS) is 11.0. The molecule has 0 aliphatic heterocycles. The standard InChI is InChI=1S/C9H19N5/c1-7(2)14-8(6-10-3)11-12-9(14)13(4)5/h7,10H,6H2,1-5H3. The SMILES string of the molecule is CNCc1nnc(N(C)C)n1C(C)C. The van der Waals surface area contributed by atoms with Gasteiger partial charge < -0.3 is 10.2 Å². The lowest BCUT2D eigenvalue weighted by Crippen LogP contribution is -2.19. The van der Waals surface area contributed by atoms with Gasteiger partial charge in [0.1, 0.15) is 5.82 Å². The maximum Gasteiger partial charge on any atom is 0.226 e. The minimum atomic E-state index is 0.380. The van der Waals surface area contributed by atoms with E-state index in [0.29, 0.717) is 6.04 Å². The second-order valence-electron chi connectivity index (χ2n) is 3.80. The summed E-state index contributed by atoms with van der Waals surface area (Å²) in [5, 5.41) is 11.4. The predicted molar refractivity (Wildman–Crippen MR) is 57.5 cm³/mol. The van der Waals surface area contributed by atoms with Gasteiger partial charge >= 0.3 is 0 Å². The van der Waals surface area contributed by atoms with Gasteiger partial charge in [0.2, 0.25) is 5.95 Å². The molecule has 1 aromatic rings. The lowest BCUT2D eigenvalue weighted by molar-refractivity contribution is 0.554. The molecule has 0 bridgehead atoms. The summed E-state index contributed by atoms with van der Waals surface area (Å²) in [5.41, 5.74) is 0. The van der Waals surface area contributed by atoms with Crippen LogP contribution in [0.2, 0.25) is 0 Å². The molecule has 0 unspecified atom stereocenters. The van der Waals surface area contributed by atoms with Gasteiger partial charge in [0.25, 0.3) is 0 Å². The molecule has 0 radical (unpaired) electrons. The van der Waals surface area contributed by atoms with E-state index in [1.807, 2.05) is 26.0 Å². The largest absolute Gasteiger partial charge is 0.347 e. The van der Waals surface area contributed by atoms with Crippen molar-refractivity contribution in [3.05, 3.63) is 5.82 Å². The number of rotatable bonds is 4. The molecule has 1 N–H and O–H groups in total. The fourth-order valence-corrected chi connectivity index (χ4v) is 1.43. The van der Waals surface area contributed by atoms with Crippen LogP contribution in [0.25, 0.3) is 0 Å². The maximum atomic E-state index is 4.16. The summed E-state index contributed by atoms with van der Waals surface area (Å²) >= 11 is 0. The van der Waals surface area contributed by atoms with Crippen molar-refractivity contribution in [2.75, 3.05) is 26.0 Å². The Morgan fingerprint density at radius 1 is 1.36 bits per heavy atom. The van der Waals surface area contributed by atoms with E-state index in [4.69, 9.17) is 0 Å². The van der Waals surface area contributed by atoms with E-state index < -0.39 is 0 Å². The van der Waals surface area contributed by atoms with Crippen LogP contribution < -0.4 is 10.2 Å². The van der Waals surface area contributed by atoms with Gasteiger partial charge in [0, 0.05) is 20.1 Å². The van der Waals surface area contributed by atoms with Gasteiger partial charge in [-0.1, -0.05) is 0 Å². The number of hydrogen-bond donors (Lipinski definition) is 1. The van der Waals surface area contributed by atoms with Gasteiger partial charge in [-0.15, -0.1) is 10.2 Å². The fourth-order valence-electron chi connectivity index (χ4n) is 1.43. The van der Waals surface area contributed by atoms with Gasteiger partial charge in [-0.25, -0.2) is 0 Å². The Balaban J connectivity index is 3.07. The van der Waals surface area contributed by atoms with Gasteiger partial charge in [0.15, 0.2) is 0 Å². The van der Waals surface area contributed by atoms with Gasteiger partial charge in [-0.3, -0.25) is 4.57 Å². The van der Waals surface area contributed by atoms with Crippen LogP contribution in [0.5, 0.6) is 0 Å². The van der Waals surface area contributed by atoms with Crippen LogP contribution in [0.1, 0.15) is 25.7 Å². The predicted octanol–water partition coefficient (Wildman–Crippen LogP) is 0.644. The number of aromatic nitrogens is 3. The highest BCUT2D eigenvalue weighted by atomic mass is 15.4. The molecule has 0 amide bonds. The third-order valence-electron chi connectivity index (χ3n) is 2.00. The molecule has 0 saturated carbocycles. The van der Waals surface area contributed by atoms with Gasteiger partial charge in [0.05, 0.1) is 6.54 Å². The van der Waals surface area contributed by atoms with Crippen molar-refractivity contribution in [2.24, 2.45) is 0 Å². The van der Waals surface area contributed by atoms with Crippen LogP contribution in [-0.2, 0) is 6.54 Å². The van der Waals surface area contributed by atoms with Crippen molar-refractivity contribution in [3.8, 4) is 0 Å². The number of nitrogens with zero attached hydrogens (tertiary/aromatic N) is 4. The third-order valence-corrected chi connectivity index (χ3v) is 2.00. The molecule has 0 saturated heterocycles. The van der Waals surface area contributed by atoms with E-state index in [2.05, 4.69) is 33.9 Å². The fraction of sp³-hybridized carbons (Fsp3) is 0.778. The van der Waals surface area contributed by atoms with Crippen molar-refractivity contribution < 1.29 is 0 Å². The maximum absolute atomic E-state index is 4.16. The van der Waals surface area contributed by atoms with E-state index in [-0.39, 0.29) is 0 Å². The number of anilines is 1. The second kappa shape index (κ2) is 4.41. The van der Waals surface area contributed by atoms with E-state index >= 15 is 0 Å². The highest BCUT2D eigenvalue weighted by Crippen LogP contribution is 2.17. The topological polar surface area (TPSA) is 46.0 Å². The molecule has 0 aliphatic rings. The minimum absolute atomic E-state index is 0.380. The van der Waals surface area contributed by atoms with Crippen LogP contribution in [0.15, 0.2) is 0 Å². The van der Waals surface area contributed by atoms with Crippen LogP contribution in [-0.4, -0.2) is 35.9 Å². The molecule has 0 aliphatic carbocycles. The first kappa shape index (κ1) is 11.0. The summed E-state index contributed by atoms with van der Waals surface area (Å²) in [6, 6.07) is 0.380. The quantitative estimate of drug-likeness (QED) is 0.769. The van der Waals surface area contributed by atoms with Gasteiger partial charge in [-0.05, 0) is 20.9 Å². The molecule has 5 heteroatoms. The average Bonchev–Trinajstić information content (AvgIpc) is 2.48. The molecule has 5 nitrogen and oxygen atoms in total. The highest BCUT2D eigenvalue weighted by Gasteiger charge is 2.14. The van der Waals surface area contributed by atoms with Gasteiger partial charge in [-0.2, -0.15) is 0 Å². The summed E-state index contributed by atoms with van der Waals surface area (Å²) in [4.78, 5) is 1.98. The zero-order chi connectivity index (χ0) is 10.7. The van der Waals surface area contributed by atoms with Crippen LogP contribution in [0.3, 0.4) is 0 Å². The molecule has 1 heterocycles. The molecule has 1 aromatic heterocycles. The molecular formula is C9H19N5. The summed E-state index contributed by atoms with van der Waals surface area (Å²) in [6.45, 7) is 5.02. The molecule has 0 aromatic carbocycles. The summed E-state index contributed by atoms with van der Waals surface area (Å²) in [5.74, 6) is 1.89. The molecule has 0 atom stereocenters. The molecular weight excluding hydrogens is 178 g/mol. The number of hydrogen-bond acceptors (Lipinski definition) is 4. The Morgan fingerprint density at radius 2 is 2.00 bits per heavy atom. The third kappa shape index (κ3) is 2.04. The van der Waals surface area contributed by atoms with Crippen LogP contribution in [0.4, 0.5) is 5.95 Å². The lowest BCUT2D eigenvalue weighted by atomic mass is 10.3. The Hall–Kier alpha value is -1.10. The zero-order valence-electron chi connectivity index (χ0n) is 9.57. The molecule has 0 spiro atoms. The monoisotopic (exact) mass is 197 g/mol. The number of nitrogens with one attached hydrogen (secondary N) is 1. The Labute approximate surface area is 85.1 Å². The first-order chi connectivity index (χ1) is 6.57. The molecule has 80 valence electrons. The minimum Gasteiger partial charge on any atom is -0.347 e. The zero-order valence-corrected chi connectivity index (χ0v) is 9.57. The van der Waals surface area contributed by atoms with Crippen molar-refractivity contribution in [2.45, 2.75) is 26.4 Å². The second-order valence-corrected chi connectivity index (χ2v) is 3.80. The Bertz CT molecular complexity index is 289. The average molecular weight is 197 g/mol. The lowest BCUT2D eigenvalue weighted by Gasteiger charge is -2.17. The van der Waals surface area contributed by atoms with E-state index in [1.54, 1.807) is 0 Å². The summed E-state index contributed by atoms with van der Waals surface area (Å²) < 4.78 is 2.14. The van der Waals surface area contributed by atoms with Crippen molar-refractivity contribution in [1.29, 1.82) is 0 Å². The smallest absolute Gasteiger partial charge is 0.226 e. The van der Waals surface area contributed by atoms with E-state index in [1.165, 1.54) is 0 Å². The van der Waals surface area contributed by atoms with E-state index in [9.17, 15) is 0 Å². The molecule has 0 fully saturated rings. The van der Waals surface area contributed by atoms with Crippen molar-refractivity contribution in [3.63, 3.8) is 0 Å². The molecule has 1 rings (SSSR count). The van der Waals surface area contributed by atoms with Crippen LogP contribution in [0, 0.1) is 0 Å². The van der Waals surface area contributed by atoms with Crippen molar-refractivity contribution >= 4 is 5.95 Å². The summed E-state index contributed by atoms with van der Waals surface area (Å²) in [6.07, 6.45) is 0. The van der Waals surface area contributed by atoms with E-state index in [0.717, 1.165) is 18.3 Å². The Kier molecular flexibility index (Phi) is 3.46. The first-order valence-electron chi connectivity index (χ1n) is 4.83. The Morgan fingerprint density at radius 3 is 2.43 bits per heavy atom.